The first kappa shape index (κ1) is 14.8. The van der Waals surface area contributed by atoms with Crippen LogP contribution in [-0.2, 0) is 10.0 Å². The molecule has 0 aromatic heterocycles. The Labute approximate surface area is 112 Å². The average molecular weight is 289 g/mol. The monoisotopic (exact) mass is 288 g/mol. The first-order valence-electron chi connectivity index (χ1n) is 5.02. The second-order valence-electron chi connectivity index (χ2n) is 3.67. The van der Waals surface area contributed by atoms with E-state index in [4.69, 9.17) is 21.6 Å². The van der Waals surface area contributed by atoms with Crippen LogP contribution in [0.3, 0.4) is 0 Å². The topological polar surface area (TPSA) is 70.4 Å². The summed E-state index contributed by atoms with van der Waals surface area (Å²) in [5.41, 5.74) is 0.515. The molecule has 0 spiro atoms. The van der Waals surface area contributed by atoms with E-state index in [0.717, 1.165) is 4.31 Å². The van der Waals surface area contributed by atoms with Crippen LogP contribution in [0, 0.1) is 18.3 Å². The summed E-state index contributed by atoms with van der Waals surface area (Å²) in [6.07, 6.45) is 0. The second kappa shape index (κ2) is 5.57. The van der Waals surface area contributed by atoms with Gasteiger partial charge >= 0.3 is 0 Å². The summed E-state index contributed by atoms with van der Waals surface area (Å²) in [6.45, 7) is 1.43. The fourth-order valence-electron chi connectivity index (χ4n) is 1.42. The molecule has 0 atom stereocenters. The van der Waals surface area contributed by atoms with Crippen LogP contribution in [0.1, 0.15) is 5.56 Å². The third-order valence-corrected chi connectivity index (χ3v) is 4.67. The average Bonchev–Trinajstić information content (AvgIpc) is 2.31. The van der Waals surface area contributed by atoms with Gasteiger partial charge in [-0.2, -0.15) is 9.57 Å². The molecule has 98 valence electrons. The molecular weight excluding hydrogens is 276 g/mol. The maximum atomic E-state index is 12.2. The summed E-state index contributed by atoms with van der Waals surface area (Å²) in [4.78, 5) is 0.0750. The van der Waals surface area contributed by atoms with Crippen molar-refractivity contribution in [2.75, 3.05) is 20.7 Å². The number of benzene rings is 1. The Kier molecular flexibility index (Phi) is 4.57. The van der Waals surface area contributed by atoms with Crippen molar-refractivity contribution in [1.82, 2.24) is 4.31 Å². The fraction of sp³-hybridized carbons (Fsp3) is 0.364. The number of nitriles is 1. The predicted molar refractivity (Wildman–Crippen MR) is 68.2 cm³/mol. The lowest BCUT2D eigenvalue weighted by atomic mass is 10.2. The minimum atomic E-state index is -3.71. The van der Waals surface area contributed by atoms with Crippen molar-refractivity contribution in [1.29, 1.82) is 5.26 Å². The third kappa shape index (κ3) is 2.75. The summed E-state index contributed by atoms with van der Waals surface area (Å²) in [6, 6.07) is 4.67. The molecule has 0 saturated carbocycles. The van der Waals surface area contributed by atoms with Gasteiger partial charge in [-0.15, -0.1) is 0 Å². The summed E-state index contributed by atoms with van der Waals surface area (Å²) in [7, 11) is -0.910. The summed E-state index contributed by atoms with van der Waals surface area (Å²) in [5, 5.41) is 8.77. The second-order valence-corrected chi connectivity index (χ2v) is 6.09. The minimum absolute atomic E-state index is 0.0750. The molecule has 0 N–H and O–H groups in total. The lowest BCUT2D eigenvalue weighted by Crippen LogP contribution is -2.27. The maximum absolute atomic E-state index is 12.2. The molecule has 1 rings (SSSR count). The molecule has 1 aromatic carbocycles. The summed E-state index contributed by atoms with van der Waals surface area (Å²) in [5.74, 6) is 0.413. The van der Waals surface area contributed by atoms with E-state index in [9.17, 15) is 8.42 Å². The Morgan fingerprint density at radius 1 is 1.50 bits per heavy atom. The molecule has 1 aromatic rings. The summed E-state index contributed by atoms with van der Waals surface area (Å²) < 4.78 is 30.3. The van der Waals surface area contributed by atoms with Crippen molar-refractivity contribution in [3.8, 4) is 11.8 Å². The molecule has 7 heteroatoms. The van der Waals surface area contributed by atoms with E-state index >= 15 is 0 Å². The van der Waals surface area contributed by atoms with Crippen molar-refractivity contribution in [3.63, 3.8) is 0 Å². The minimum Gasteiger partial charge on any atom is -0.495 e. The van der Waals surface area contributed by atoms with Crippen molar-refractivity contribution >= 4 is 21.6 Å². The van der Waals surface area contributed by atoms with Crippen molar-refractivity contribution in [3.05, 3.63) is 22.7 Å². The standard InChI is InChI=1S/C11H13ClN2O3S/c1-8-6-10(17-3)9(12)7-11(8)18(15,16)14(2)5-4-13/h6-7H,5H2,1-3H3. The quantitative estimate of drug-likeness (QED) is 0.792. The van der Waals surface area contributed by atoms with E-state index in [-0.39, 0.29) is 16.5 Å². The van der Waals surface area contributed by atoms with Crippen LogP contribution in [0.25, 0.3) is 0 Å². The third-order valence-electron chi connectivity index (χ3n) is 2.43. The van der Waals surface area contributed by atoms with Gasteiger partial charge in [0.15, 0.2) is 0 Å². The number of sulfonamides is 1. The Morgan fingerprint density at radius 2 is 2.11 bits per heavy atom. The van der Waals surface area contributed by atoms with Gasteiger partial charge in [-0.05, 0) is 24.6 Å². The Bertz CT molecular complexity index is 593. The predicted octanol–water partition coefficient (Wildman–Crippen LogP) is 1.80. The first-order valence-corrected chi connectivity index (χ1v) is 6.83. The largest absolute Gasteiger partial charge is 0.495 e. The van der Waals surface area contributed by atoms with Crippen LogP contribution in [0.4, 0.5) is 0 Å². The first-order chi connectivity index (χ1) is 8.34. The van der Waals surface area contributed by atoms with Gasteiger partial charge in [0.2, 0.25) is 10.0 Å². The van der Waals surface area contributed by atoms with E-state index in [0.29, 0.717) is 11.3 Å². The molecule has 0 radical (unpaired) electrons. The lowest BCUT2D eigenvalue weighted by Gasteiger charge is -2.16. The van der Waals surface area contributed by atoms with Crippen LogP contribution in [0.2, 0.25) is 5.02 Å². The zero-order valence-corrected chi connectivity index (χ0v) is 11.8. The fourth-order valence-corrected chi connectivity index (χ4v) is 3.03. The maximum Gasteiger partial charge on any atom is 0.244 e. The number of aryl methyl sites for hydroxylation is 1. The number of nitrogens with zero attached hydrogens (tertiary/aromatic N) is 2. The molecule has 18 heavy (non-hydrogen) atoms. The Morgan fingerprint density at radius 3 is 2.61 bits per heavy atom. The highest BCUT2D eigenvalue weighted by Crippen LogP contribution is 2.31. The number of ether oxygens (including phenoxy) is 1. The molecule has 0 amide bonds. The number of rotatable bonds is 4. The van der Waals surface area contributed by atoms with Gasteiger partial charge in [0.25, 0.3) is 0 Å². The zero-order valence-electron chi connectivity index (χ0n) is 10.3. The van der Waals surface area contributed by atoms with E-state index in [1.165, 1.54) is 20.2 Å². The van der Waals surface area contributed by atoms with Crippen LogP contribution in [0.5, 0.6) is 5.75 Å². The van der Waals surface area contributed by atoms with E-state index < -0.39 is 10.0 Å². The van der Waals surface area contributed by atoms with Gasteiger partial charge in [0.05, 0.1) is 23.1 Å². The van der Waals surface area contributed by atoms with Gasteiger partial charge in [0.1, 0.15) is 12.3 Å². The SMILES string of the molecule is COc1cc(C)c(S(=O)(=O)N(C)CC#N)cc1Cl. The van der Waals surface area contributed by atoms with Crippen LogP contribution in [-0.4, -0.2) is 33.4 Å². The van der Waals surface area contributed by atoms with E-state index in [1.807, 2.05) is 0 Å². The molecule has 0 aliphatic carbocycles. The molecule has 0 heterocycles. The van der Waals surface area contributed by atoms with Gasteiger partial charge in [0, 0.05) is 7.05 Å². The van der Waals surface area contributed by atoms with E-state index in [1.54, 1.807) is 19.1 Å². The number of hydrogen-bond donors (Lipinski definition) is 0. The van der Waals surface area contributed by atoms with Crippen LogP contribution < -0.4 is 4.74 Å². The molecule has 0 unspecified atom stereocenters. The molecule has 0 aliphatic heterocycles. The molecule has 0 fully saturated rings. The van der Waals surface area contributed by atoms with Gasteiger partial charge in [-0.1, -0.05) is 11.6 Å². The van der Waals surface area contributed by atoms with Gasteiger partial charge < -0.3 is 4.74 Å². The van der Waals surface area contributed by atoms with Crippen molar-refractivity contribution < 1.29 is 13.2 Å². The Balaban J connectivity index is 3.35. The molecule has 0 bridgehead atoms. The zero-order chi connectivity index (χ0) is 13.9. The lowest BCUT2D eigenvalue weighted by molar-refractivity contribution is 0.414. The van der Waals surface area contributed by atoms with Gasteiger partial charge in [-0.3, -0.25) is 0 Å². The summed E-state index contributed by atoms with van der Waals surface area (Å²) >= 11 is 5.92. The van der Waals surface area contributed by atoms with Crippen LogP contribution >= 0.6 is 11.6 Å². The molecular formula is C11H13ClN2O3S. The molecule has 0 saturated heterocycles. The van der Waals surface area contributed by atoms with E-state index in [2.05, 4.69) is 0 Å². The molecule has 5 nitrogen and oxygen atoms in total. The molecule has 0 aliphatic rings. The normalized spacial score (nSPS) is 11.3. The smallest absolute Gasteiger partial charge is 0.244 e. The van der Waals surface area contributed by atoms with Crippen molar-refractivity contribution in [2.45, 2.75) is 11.8 Å². The highest BCUT2D eigenvalue weighted by Gasteiger charge is 2.24. The van der Waals surface area contributed by atoms with Crippen molar-refractivity contribution in [2.24, 2.45) is 0 Å². The number of hydrogen-bond acceptors (Lipinski definition) is 4. The highest BCUT2D eigenvalue weighted by atomic mass is 35.5. The number of halogens is 1. The Hall–Kier alpha value is -1.29. The van der Waals surface area contributed by atoms with Crippen LogP contribution in [0.15, 0.2) is 17.0 Å². The number of methoxy groups -OCH3 is 1. The highest BCUT2D eigenvalue weighted by molar-refractivity contribution is 7.89. The van der Waals surface area contributed by atoms with Gasteiger partial charge in [-0.25, -0.2) is 8.42 Å².